The fourth-order valence-electron chi connectivity index (χ4n) is 0.986. The Labute approximate surface area is 76.2 Å². The summed E-state index contributed by atoms with van der Waals surface area (Å²) >= 11 is 0. The van der Waals surface area contributed by atoms with Gasteiger partial charge in [0.1, 0.15) is 5.56 Å². The Kier molecular flexibility index (Phi) is 2.60. The first-order chi connectivity index (χ1) is 6.04. The number of aryl methyl sites for hydroxylation is 1. The molecule has 0 aromatic carbocycles. The molecule has 0 bridgehead atoms. The molecule has 4 heteroatoms. The maximum absolute atomic E-state index is 11.5. The van der Waals surface area contributed by atoms with Gasteiger partial charge in [-0.2, -0.15) is 0 Å². The monoisotopic (exact) mass is 180 g/mol. The molecule has 1 aromatic heterocycles. The molecule has 0 fully saturated rings. The van der Waals surface area contributed by atoms with Gasteiger partial charge in [-0.1, -0.05) is 13.8 Å². The first-order valence-electron chi connectivity index (χ1n) is 4.09. The van der Waals surface area contributed by atoms with Crippen LogP contribution >= 0.6 is 0 Å². The van der Waals surface area contributed by atoms with Crippen LogP contribution in [0.25, 0.3) is 0 Å². The van der Waals surface area contributed by atoms with Crippen molar-refractivity contribution in [3.05, 3.63) is 28.4 Å². The minimum absolute atomic E-state index is 0.159. The van der Waals surface area contributed by atoms with Crippen molar-refractivity contribution < 1.29 is 4.79 Å². The van der Waals surface area contributed by atoms with E-state index in [2.05, 4.69) is 4.98 Å². The van der Waals surface area contributed by atoms with Gasteiger partial charge in [0.25, 0.3) is 5.56 Å². The molecule has 0 saturated carbocycles. The van der Waals surface area contributed by atoms with Crippen molar-refractivity contribution in [3.8, 4) is 0 Å². The van der Waals surface area contributed by atoms with Crippen molar-refractivity contribution in [2.45, 2.75) is 13.8 Å². The summed E-state index contributed by atoms with van der Waals surface area (Å²) in [6, 6.07) is 0. The number of carbonyl (C=O) groups excluding carboxylic acids is 1. The summed E-state index contributed by atoms with van der Waals surface area (Å²) in [5.41, 5.74) is -0.117. The summed E-state index contributed by atoms with van der Waals surface area (Å²) < 4.78 is 1.30. The molecule has 0 spiro atoms. The lowest BCUT2D eigenvalue weighted by Crippen LogP contribution is -2.26. The molecule has 1 rings (SSSR count). The highest BCUT2D eigenvalue weighted by molar-refractivity contribution is 5.96. The first-order valence-corrected chi connectivity index (χ1v) is 4.09. The molecule has 1 heterocycles. The van der Waals surface area contributed by atoms with Crippen molar-refractivity contribution in [2.75, 3.05) is 0 Å². The Morgan fingerprint density at radius 1 is 1.54 bits per heavy atom. The van der Waals surface area contributed by atoms with Crippen LogP contribution in [-0.4, -0.2) is 15.3 Å². The zero-order valence-corrected chi connectivity index (χ0v) is 7.94. The van der Waals surface area contributed by atoms with E-state index >= 15 is 0 Å². The van der Waals surface area contributed by atoms with Crippen LogP contribution in [0.1, 0.15) is 24.2 Å². The molecule has 0 amide bonds. The molecule has 13 heavy (non-hydrogen) atoms. The van der Waals surface area contributed by atoms with Gasteiger partial charge < -0.3 is 4.57 Å². The highest BCUT2D eigenvalue weighted by Crippen LogP contribution is 2.01. The predicted molar refractivity (Wildman–Crippen MR) is 48.6 cm³/mol. The van der Waals surface area contributed by atoms with Gasteiger partial charge in [0.05, 0.1) is 6.33 Å². The van der Waals surface area contributed by atoms with Crippen molar-refractivity contribution >= 4 is 5.78 Å². The van der Waals surface area contributed by atoms with Gasteiger partial charge >= 0.3 is 0 Å². The Morgan fingerprint density at radius 3 is 2.69 bits per heavy atom. The molecule has 0 aliphatic carbocycles. The Morgan fingerprint density at radius 2 is 2.15 bits per heavy atom. The zero-order chi connectivity index (χ0) is 10.0. The number of rotatable bonds is 2. The summed E-state index contributed by atoms with van der Waals surface area (Å²) in [7, 11) is 1.58. The molecule has 4 nitrogen and oxygen atoms in total. The second kappa shape index (κ2) is 3.51. The van der Waals surface area contributed by atoms with Crippen molar-refractivity contribution in [1.29, 1.82) is 0 Å². The van der Waals surface area contributed by atoms with Crippen LogP contribution in [0.4, 0.5) is 0 Å². The average Bonchev–Trinajstić information content (AvgIpc) is 2.08. The standard InChI is InChI=1S/C9H12N2O2/c1-6(2)8(12)7-4-10-5-11(3)9(7)13/h4-6H,1-3H3. The first kappa shape index (κ1) is 9.64. The fourth-order valence-corrected chi connectivity index (χ4v) is 0.986. The number of Topliss-reactive ketones (excluding diaryl/α,β-unsaturated/α-hetero) is 1. The third kappa shape index (κ3) is 1.83. The number of carbonyl (C=O) groups is 1. The van der Waals surface area contributed by atoms with E-state index in [1.54, 1.807) is 20.9 Å². The summed E-state index contributed by atoms with van der Waals surface area (Å²) in [6.45, 7) is 3.52. The topological polar surface area (TPSA) is 52.0 Å². The van der Waals surface area contributed by atoms with E-state index in [9.17, 15) is 9.59 Å². The van der Waals surface area contributed by atoms with E-state index < -0.39 is 0 Å². The van der Waals surface area contributed by atoms with Crippen LogP contribution in [0, 0.1) is 5.92 Å². The highest BCUT2D eigenvalue weighted by atomic mass is 16.1. The average molecular weight is 180 g/mol. The molecule has 0 aliphatic heterocycles. The smallest absolute Gasteiger partial charge is 0.263 e. The lowest BCUT2D eigenvalue weighted by atomic mass is 10.0. The van der Waals surface area contributed by atoms with E-state index in [1.165, 1.54) is 17.1 Å². The molecular weight excluding hydrogens is 168 g/mol. The summed E-state index contributed by atoms with van der Waals surface area (Å²) in [5, 5.41) is 0. The van der Waals surface area contributed by atoms with E-state index in [1.807, 2.05) is 0 Å². The lowest BCUT2D eigenvalue weighted by molar-refractivity contribution is 0.0937. The molecule has 0 aliphatic rings. The van der Waals surface area contributed by atoms with Crippen molar-refractivity contribution in [1.82, 2.24) is 9.55 Å². The number of ketones is 1. The number of nitrogens with zero attached hydrogens (tertiary/aromatic N) is 2. The van der Waals surface area contributed by atoms with E-state index in [-0.39, 0.29) is 22.8 Å². The highest BCUT2D eigenvalue weighted by Gasteiger charge is 2.14. The van der Waals surface area contributed by atoms with Crippen LogP contribution in [0.15, 0.2) is 17.3 Å². The fraction of sp³-hybridized carbons (Fsp3) is 0.444. The number of aromatic nitrogens is 2. The number of hydrogen-bond donors (Lipinski definition) is 0. The molecule has 0 radical (unpaired) electrons. The SMILES string of the molecule is CC(C)C(=O)c1cncn(C)c1=O. The maximum Gasteiger partial charge on any atom is 0.263 e. The Bertz CT molecular complexity index is 379. The molecule has 0 saturated heterocycles. The maximum atomic E-state index is 11.5. The molecular formula is C9H12N2O2. The lowest BCUT2D eigenvalue weighted by Gasteiger charge is -2.03. The minimum atomic E-state index is -0.284. The zero-order valence-electron chi connectivity index (χ0n) is 7.94. The van der Waals surface area contributed by atoms with Gasteiger partial charge in [0.2, 0.25) is 0 Å². The van der Waals surface area contributed by atoms with Gasteiger partial charge in [-0.25, -0.2) is 4.98 Å². The van der Waals surface area contributed by atoms with Crippen LogP contribution in [-0.2, 0) is 7.05 Å². The molecule has 0 unspecified atom stereocenters. The minimum Gasteiger partial charge on any atom is -0.302 e. The molecule has 1 aromatic rings. The normalized spacial score (nSPS) is 10.5. The third-order valence-corrected chi connectivity index (χ3v) is 1.78. The predicted octanol–water partition coefficient (Wildman–Crippen LogP) is 0.619. The van der Waals surface area contributed by atoms with Gasteiger partial charge in [0, 0.05) is 19.2 Å². The largest absolute Gasteiger partial charge is 0.302 e. The Hall–Kier alpha value is -1.45. The summed E-state index contributed by atoms with van der Waals surface area (Å²) in [4.78, 5) is 26.7. The quantitative estimate of drug-likeness (QED) is 0.627. The Balaban J connectivity index is 3.24. The van der Waals surface area contributed by atoms with Crippen LogP contribution in [0.5, 0.6) is 0 Å². The van der Waals surface area contributed by atoms with Crippen LogP contribution in [0.3, 0.4) is 0 Å². The van der Waals surface area contributed by atoms with E-state index in [4.69, 9.17) is 0 Å². The van der Waals surface area contributed by atoms with Gasteiger partial charge in [-0.3, -0.25) is 9.59 Å². The van der Waals surface area contributed by atoms with Crippen LogP contribution < -0.4 is 5.56 Å². The molecule has 0 atom stereocenters. The molecule has 0 N–H and O–H groups in total. The van der Waals surface area contributed by atoms with E-state index in [0.717, 1.165) is 0 Å². The van der Waals surface area contributed by atoms with Gasteiger partial charge in [0.15, 0.2) is 5.78 Å². The van der Waals surface area contributed by atoms with Gasteiger partial charge in [-0.15, -0.1) is 0 Å². The van der Waals surface area contributed by atoms with E-state index in [0.29, 0.717) is 0 Å². The second-order valence-electron chi connectivity index (χ2n) is 3.24. The summed E-state index contributed by atoms with van der Waals surface area (Å²) in [6.07, 6.45) is 2.71. The third-order valence-electron chi connectivity index (χ3n) is 1.78. The summed E-state index contributed by atoms with van der Waals surface area (Å²) in [5.74, 6) is -0.328. The molecule has 70 valence electrons. The number of hydrogen-bond acceptors (Lipinski definition) is 3. The second-order valence-corrected chi connectivity index (χ2v) is 3.24. The van der Waals surface area contributed by atoms with Crippen LogP contribution in [0.2, 0.25) is 0 Å². The van der Waals surface area contributed by atoms with Gasteiger partial charge in [-0.05, 0) is 0 Å². The van der Waals surface area contributed by atoms with Crippen molar-refractivity contribution in [3.63, 3.8) is 0 Å². The van der Waals surface area contributed by atoms with Crippen molar-refractivity contribution in [2.24, 2.45) is 13.0 Å².